The van der Waals surface area contributed by atoms with Crippen LogP contribution in [-0.2, 0) is 23.9 Å². The molecule has 4 atom stereocenters. The van der Waals surface area contributed by atoms with Gasteiger partial charge in [-0.15, -0.1) is 0 Å². The van der Waals surface area contributed by atoms with Crippen LogP contribution >= 0.6 is 0 Å². The number of hydrogen-bond acceptors (Lipinski definition) is 8. The van der Waals surface area contributed by atoms with Crippen LogP contribution < -0.4 is 15.2 Å². The molecule has 3 aromatic carbocycles. The largest absolute Gasteiger partial charge is 0.497 e. The van der Waals surface area contributed by atoms with E-state index in [1.54, 1.807) is 26.5 Å². The van der Waals surface area contributed by atoms with Gasteiger partial charge < -0.3 is 27.8 Å². The van der Waals surface area contributed by atoms with Gasteiger partial charge in [0.2, 0.25) is 0 Å². The molecular weight excluding hydrogens is 701 g/mol. The molecular formula is C42H58N2O7Si2. The van der Waals surface area contributed by atoms with E-state index in [1.807, 2.05) is 66.7 Å². The van der Waals surface area contributed by atoms with Crippen molar-refractivity contribution in [1.29, 1.82) is 0 Å². The Morgan fingerprint density at radius 3 is 1.60 bits per heavy atom. The second-order valence-corrected chi connectivity index (χ2v) is 26.4. The van der Waals surface area contributed by atoms with E-state index < -0.39 is 52.5 Å². The van der Waals surface area contributed by atoms with Crippen LogP contribution in [0.1, 0.15) is 64.5 Å². The van der Waals surface area contributed by atoms with Crippen molar-refractivity contribution in [3.63, 3.8) is 0 Å². The lowest BCUT2D eigenvalue weighted by atomic mass is 9.80. The van der Waals surface area contributed by atoms with Gasteiger partial charge in [-0.1, -0.05) is 96.1 Å². The summed E-state index contributed by atoms with van der Waals surface area (Å²) in [6.45, 7) is 22.3. The number of methoxy groups -OCH3 is 2. The summed E-state index contributed by atoms with van der Waals surface area (Å²) in [6.07, 6.45) is 0.658. The van der Waals surface area contributed by atoms with Crippen LogP contribution in [0.5, 0.6) is 11.5 Å². The summed E-state index contributed by atoms with van der Waals surface area (Å²) in [4.78, 5) is 17.5. The predicted octanol–water partition coefficient (Wildman–Crippen LogP) is 8.95. The van der Waals surface area contributed by atoms with Crippen molar-refractivity contribution < 1.29 is 27.8 Å². The molecule has 1 aliphatic rings. The average Bonchev–Trinajstić information content (AvgIpc) is 3.43. The standard InChI is InChI=1S/C42H58N2O7Si2/c1-40(2,3)52(9,10)50-36-35(49-38(44-28-16-27-43-39(44)45)37(36)51-53(11,12)41(4,5)6)29-48-42(30-17-14-13-15-18-30,31-19-23-33(46-7)24-20-31)32-21-25-34(47-8)26-22-32/h13-28,35-38H,29H2,1-12H3/t35-,36?,37?,38-/m1/s1. The Bertz CT molecular complexity index is 1800. The van der Waals surface area contributed by atoms with E-state index in [4.69, 9.17) is 27.8 Å². The third-order valence-electron chi connectivity index (χ3n) is 11.4. The van der Waals surface area contributed by atoms with Crippen molar-refractivity contribution in [3.8, 4) is 11.5 Å². The monoisotopic (exact) mass is 758 g/mol. The molecule has 1 fully saturated rings. The normalized spacial score (nSPS) is 20.0. The minimum absolute atomic E-state index is 0.108. The van der Waals surface area contributed by atoms with E-state index in [2.05, 4.69) is 84.8 Å². The Balaban J connectivity index is 1.69. The predicted molar refractivity (Wildman–Crippen MR) is 215 cm³/mol. The van der Waals surface area contributed by atoms with E-state index in [9.17, 15) is 4.79 Å². The fourth-order valence-corrected chi connectivity index (χ4v) is 8.82. The fourth-order valence-electron chi connectivity index (χ4n) is 6.21. The van der Waals surface area contributed by atoms with Crippen molar-refractivity contribution in [2.75, 3.05) is 20.8 Å². The van der Waals surface area contributed by atoms with Gasteiger partial charge in [-0.05, 0) is 83.3 Å². The lowest BCUT2D eigenvalue weighted by Gasteiger charge is -2.44. The maximum absolute atomic E-state index is 13.4. The van der Waals surface area contributed by atoms with Gasteiger partial charge in [0.1, 0.15) is 35.4 Å². The van der Waals surface area contributed by atoms with Crippen LogP contribution in [0.15, 0.2) is 102 Å². The second kappa shape index (κ2) is 15.6. The Hall–Kier alpha value is -3.59. The van der Waals surface area contributed by atoms with E-state index in [1.165, 1.54) is 10.8 Å². The Morgan fingerprint density at radius 2 is 1.15 bits per heavy atom. The Labute approximate surface area is 317 Å². The number of nitrogens with zero attached hydrogens (tertiary/aromatic N) is 2. The molecule has 0 N–H and O–H groups in total. The van der Waals surface area contributed by atoms with Crippen LogP contribution in [0.3, 0.4) is 0 Å². The van der Waals surface area contributed by atoms with Crippen molar-refractivity contribution in [2.45, 2.75) is 108 Å². The molecule has 53 heavy (non-hydrogen) atoms. The van der Waals surface area contributed by atoms with Crippen molar-refractivity contribution >= 4 is 16.6 Å². The van der Waals surface area contributed by atoms with Crippen molar-refractivity contribution in [3.05, 3.63) is 124 Å². The molecule has 1 aliphatic heterocycles. The molecule has 0 bridgehead atoms. The van der Waals surface area contributed by atoms with Crippen molar-refractivity contribution in [2.24, 2.45) is 0 Å². The van der Waals surface area contributed by atoms with Gasteiger partial charge in [-0.25, -0.2) is 9.78 Å². The Morgan fingerprint density at radius 1 is 0.679 bits per heavy atom. The maximum Gasteiger partial charge on any atom is 0.349 e. The molecule has 0 amide bonds. The van der Waals surface area contributed by atoms with Crippen LogP contribution in [-0.4, -0.2) is 65.3 Å². The van der Waals surface area contributed by atoms with Gasteiger partial charge >= 0.3 is 5.69 Å². The molecule has 1 aromatic heterocycles. The smallest absolute Gasteiger partial charge is 0.349 e. The first-order chi connectivity index (χ1) is 24.8. The van der Waals surface area contributed by atoms with Gasteiger partial charge in [0.15, 0.2) is 22.9 Å². The fraction of sp³-hybridized carbons (Fsp3) is 0.476. The third kappa shape index (κ3) is 8.40. The summed E-state index contributed by atoms with van der Waals surface area (Å²) in [7, 11) is -1.56. The quantitative estimate of drug-likeness (QED) is 0.0987. The van der Waals surface area contributed by atoms with Gasteiger partial charge in [0.05, 0.1) is 20.8 Å². The molecule has 4 aromatic rings. The second-order valence-electron chi connectivity index (χ2n) is 16.9. The van der Waals surface area contributed by atoms with E-state index in [0.29, 0.717) is 0 Å². The highest BCUT2D eigenvalue weighted by atomic mass is 28.4. The molecule has 11 heteroatoms. The van der Waals surface area contributed by atoms with Crippen LogP contribution in [0.2, 0.25) is 36.3 Å². The van der Waals surface area contributed by atoms with Crippen molar-refractivity contribution in [1.82, 2.24) is 9.55 Å². The van der Waals surface area contributed by atoms with Crippen LogP contribution in [0.25, 0.3) is 0 Å². The molecule has 0 saturated carbocycles. The zero-order valence-electron chi connectivity index (χ0n) is 33.5. The molecule has 9 nitrogen and oxygen atoms in total. The third-order valence-corrected chi connectivity index (χ3v) is 20.4. The molecule has 2 unspecified atom stereocenters. The van der Waals surface area contributed by atoms with Gasteiger partial charge in [0, 0.05) is 12.4 Å². The SMILES string of the molecule is COc1ccc(C(OC[C@H]2O[C@@H](n3cccnc3=O)C(O[Si](C)(C)C(C)(C)C)C2O[Si](C)(C)C(C)(C)C)(c2ccccc2)c2ccc(OC)cc2)cc1. The summed E-state index contributed by atoms with van der Waals surface area (Å²) in [5, 5.41) is -0.220. The summed E-state index contributed by atoms with van der Waals surface area (Å²) in [6, 6.07) is 27.9. The average molecular weight is 759 g/mol. The minimum atomic E-state index is -2.44. The maximum atomic E-state index is 13.4. The molecule has 5 rings (SSSR count). The van der Waals surface area contributed by atoms with E-state index in [0.717, 1.165) is 28.2 Å². The number of ether oxygens (including phenoxy) is 4. The number of hydrogen-bond donors (Lipinski definition) is 0. The lowest BCUT2D eigenvalue weighted by molar-refractivity contribution is -0.0945. The lowest BCUT2D eigenvalue weighted by Crippen LogP contribution is -2.54. The number of rotatable bonds is 13. The molecule has 0 aliphatic carbocycles. The van der Waals surface area contributed by atoms with Gasteiger partial charge in [-0.2, -0.15) is 0 Å². The van der Waals surface area contributed by atoms with Gasteiger partial charge in [-0.3, -0.25) is 4.57 Å². The van der Waals surface area contributed by atoms with E-state index >= 15 is 0 Å². The number of aromatic nitrogens is 2. The summed E-state index contributed by atoms with van der Waals surface area (Å²) in [5.74, 6) is 1.48. The van der Waals surface area contributed by atoms with E-state index in [-0.39, 0.29) is 16.7 Å². The highest BCUT2D eigenvalue weighted by molar-refractivity contribution is 6.74. The van der Waals surface area contributed by atoms with Crippen LogP contribution in [0.4, 0.5) is 0 Å². The Kier molecular flexibility index (Phi) is 12.0. The highest BCUT2D eigenvalue weighted by Gasteiger charge is 2.55. The molecule has 286 valence electrons. The minimum Gasteiger partial charge on any atom is -0.497 e. The first-order valence-corrected chi connectivity index (χ1v) is 24.2. The number of benzene rings is 3. The first kappa shape index (κ1) is 40.6. The molecule has 2 heterocycles. The summed E-state index contributed by atoms with van der Waals surface area (Å²) < 4.78 is 41.7. The molecule has 1 saturated heterocycles. The topological polar surface area (TPSA) is 90.3 Å². The first-order valence-electron chi connectivity index (χ1n) is 18.4. The summed E-state index contributed by atoms with van der Waals surface area (Å²) >= 11 is 0. The zero-order valence-corrected chi connectivity index (χ0v) is 35.5. The molecule has 0 radical (unpaired) electrons. The van der Waals surface area contributed by atoms with Crippen LogP contribution in [0, 0.1) is 0 Å². The highest BCUT2D eigenvalue weighted by Crippen LogP contribution is 2.47. The zero-order chi connectivity index (χ0) is 38.8. The summed E-state index contributed by atoms with van der Waals surface area (Å²) in [5.41, 5.74) is 1.25. The van der Waals surface area contributed by atoms with Gasteiger partial charge in [0.25, 0.3) is 0 Å². The molecule has 0 spiro atoms.